The first-order chi connectivity index (χ1) is 21.8. The Bertz CT molecular complexity index is 1460. The number of hydrogen-bond donors (Lipinski definition) is 3. The van der Waals surface area contributed by atoms with Gasteiger partial charge in [-0.25, -0.2) is 9.59 Å². The lowest BCUT2D eigenvalue weighted by atomic mass is 9.85. The summed E-state index contributed by atoms with van der Waals surface area (Å²) in [5.74, 6) is -2.65. The molecule has 1 unspecified atom stereocenters. The number of alkyl carbamates (subject to hydrolysis) is 1. The van der Waals surface area contributed by atoms with Crippen molar-refractivity contribution in [2.24, 2.45) is 11.3 Å². The molecule has 46 heavy (non-hydrogen) atoms. The van der Waals surface area contributed by atoms with Crippen LogP contribution in [0.2, 0.25) is 0 Å². The Kier molecular flexibility index (Phi) is 9.31. The summed E-state index contributed by atoms with van der Waals surface area (Å²) in [5, 5.41) is 15.5. The largest absolute Gasteiger partial charge is 0.479 e. The Morgan fingerprint density at radius 2 is 1.63 bits per heavy atom. The summed E-state index contributed by atoms with van der Waals surface area (Å²) in [6.07, 6.45) is 4.50. The SMILES string of the molecule is C=CC1C[C@]1(NC(=O)[C@@H]1C[C@@](OC)(c2ccc(-c3ccccc3)cc2)CN1C(=O)[C@@H](NC(=O)OC1CCCC1)C(C)(C)C)C(=O)O. The Balaban J connectivity index is 1.47. The number of benzene rings is 2. The van der Waals surface area contributed by atoms with E-state index in [1.54, 1.807) is 7.11 Å². The Morgan fingerprint density at radius 1 is 1.00 bits per heavy atom. The molecule has 2 saturated carbocycles. The first kappa shape index (κ1) is 33.2. The molecule has 3 N–H and O–H groups in total. The van der Waals surface area contributed by atoms with Gasteiger partial charge in [0.05, 0.1) is 6.54 Å². The number of amides is 3. The van der Waals surface area contributed by atoms with E-state index in [0.29, 0.717) is 0 Å². The minimum Gasteiger partial charge on any atom is -0.479 e. The zero-order valence-corrected chi connectivity index (χ0v) is 27.1. The van der Waals surface area contributed by atoms with Crippen molar-refractivity contribution in [3.8, 4) is 11.1 Å². The second-order valence-electron chi connectivity index (χ2n) is 13.9. The Labute approximate surface area is 270 Å². The molecule has 0 radical (unpaired) electrons. The van der Waals surface area contributed by atoms with E-state index >= 15 is 0 Å². The van der Waals surface area contributed by atoms with Crippen molar-refractivity contribution in [1.82, 2.24) is 15.5 Å². The van der Waals surface area contributed by atoms with E-state index in [-0.39, 0.29) is 25.5 Å². The van der Waals surface area contributed by atoms with Crippen LogP contribution in [-0.4, -0.2) is 71.3 Å². The molecule has 2 aromatic carbocycles. The fraction of sp³-hybridized carbons (Fsp3) is 0.500. The molecule has 246 valence electrons. The monoisotopic (exact) mass is 631 g/mol. The van der Waals surface area contributed by atoms with Gasteiger partial charge < -0.3 is 30.1 Å². The van der Waals surface area contributed by atoms with Crippen molar-refractivity contribution < 1.29 is 33.8 Å². The van der Waals surface area contributed by atoms with Gasteiger partial charge in [-0.3, -0.25) is 9.59 Å². The van der Waals surface area contributed by atoms with Crippen LogP contribution in [0.1, 0.15) is 64.9 Å². The normalized spacial score (nSPS) is 26.7. The number of methoxy groups -OCH3 is 1. The van der Waals surface area contributed by atoms with Gasteiger partial charge >= 0.3 is 12.1 Å². The van der Waals surface area contributed by atoms with E-state index in [9.17, 15) is 24.3 Å². The van der Waals surface area contributed by atoms with Crippen molar-refractivity contribution in [2.45, 2.75) is 88.6 Å². The predicted octanol–water partition coefficient (Wildman–Crippen LogP) is 5.03. The number of rotatable bonds is 10. The first-order valence-electron chi connectivity index (χ1n) is 16.0. The van der Waals surface area contributed by atoms with Gasteiger partial charge in [-0.2, -0.15) is 0 Å². The molecule has 1 aliphatic heterocycles. The Morgan fingerprint density at radius 3 is 2.17 bits per heavy atom. The van der Waals surface area contributed by atoms with Crippen molar-refractivity contribution in [2.75, 3.05) is 13.7 Å². The highest BCUT2D eigenvalue weighted by Gasteiger charge is 2.62. The van der Waals surface area contributed by atoms with Crippen LogP contribution in [0.4, 0.5) is 4.79 Å². The van der Waals surface area contributed by atoms with E-state index in [1.165, 1.54) is 11.0 Å². The topological polar surface area (TPSA) is 134 Å². The molecular weight excluding hydrogens is 586 g/mol. The first-order valence-corrected chi connectivity index (χ1v) is 16.0. The molecule has 5 rings (SSSR count). The molecular formula is C36H45N3O7. The molecule has 2 aliphatic carbocycles. The number of ether oxygens (including phenoxy) is 2. The molecule has 3 amide bonds. The van der Waals surface area contributed by atoms with Crippen LogP contribution in [0.5, 0.6) is 0 Å². The molecule has 3 aliphatic rings. The molecule has 10 nitrogen and oxygen atoms in total. The maximum Gasteiger partial charge on any atom is 0.408 e. The summed E-state index contributed by atoms with van der Waals surface area (Å²) >= 11 is 0. The summed E-state index contributed by atoms with van der Waals surface area (Å²) < 4.78 is 11.8. The number of carboxylic acids is 1. The summed E-state index contributed by atoms with van der Waals surface area (Å²) in [6.45, 7) is 9.23. The van der Waals surface area contributed by atoms with Crippen molar-refractivity contribution >= 4 is 23.9 Å². The second kappa shape index (κ2) is 12.9. The number of likely N-dealkylation sites (tertiary alicyclic amines) is 1. The van der Waals surface area contributed by atoms with Crippen LogP contribution in [0.15, 0.2) is 67.3 Å². The van der Waals surface area contributed by atoms with E-state index in [0.717, 1.165) is 42.4 Å². The van der Waals surface area contributed by atoms with Crippen LogP contribution in [-0.2, 0) is 29.5 Å². The lowest BCUT2D eigenvalue weighted by Crippen LogP contribution is -2.59. The minimum atomic E-state index is -1.48. The number of carboxylic acid groups (broad SMARTS) is 1. The average molecular weight is 632 g/mol. The van der Waals surface area contributed by atoms with Gasteiger partial charge in [0, 0.05) is 19.4 Å². The summed E-state index contributed by atoms with van der Waals surface area (Å²) in [6, 6.07) is 15.6. The van der Waals surface area contributed by atoms with Crippen LogP contribution >= 0.6 is 0 Å². The zero-order valence-electron chi connectivity index (χ0n) is 27.1. The van der Waals surface area contributed by atoms with Crippen LogP contribution < -0.4 is 10.6 Å². The van der Waals surface area contributed by atoms with Gasteiger partial charge in [0.1, 0.15) is 29.3 Å². The third-order valence-corrected chi connectivity index (χ3v) is 9.80. The van der Waals surface area contributed by atoms with E-state index in [1.807, 2.05) is 75.4 Å². The highest BCUT2D eigenvalue weighted by Crippen LogP contribution is 2.46. The number of hydrogen-bond acceptors (Lipinski definition) is 6. The fourth-order valence-corrected chi connectivity index (χ4v) is 6.85. The maximum absolute atomic E-state index is 14.5. The average Bonchev–Trinajstić information content (AvgIpc) is 3.33. The predicted molar refractivity (Wildman–Crippen MR) is 173 cm³/mol. The van der Waals surface area contributed by atoms with Crippen LogP contribution in [0, 0.1) is 11.3 Å². The maximum atomic E-state index is 14.5. The molecule has 10 heteroatoms. The van der Waals surface area contributed by atoms with Crippen LogP contribution in [0.25, 0.3) is 11.1 Å². The number of nitrogens with one attached hydrogen (secondary N) is 2. The zero-order chi connectivity index (χ0) is 33.3. The highest BCUT2D eigenvalue weighted by atomic mass is 16.6. The van der Waals surface area contributed by atoms with Gasteiger partial charge in [-0.1, -0.05) is 81.4 Å². The van der Waals surface area contributed by atoms with Crippen molar-refractivity contribution in [1.29, 1.82) is 0 Å². The van der Waals surface area contributed by atoms with Gasteiger partial charge in [-0.15, -0.1) is 6.58 Å². The Hall–Kier alpha value is -4.18. The highest BCUT2D eigenvalue weighted by molar-refractivity contribution is 5.96. The molecule has 3 fully saturated rings. The standard InChI is InChI=1S/C36H45N3O7/c1-6-25-20-36(25,32(42)43)38-30(40)28-21-35(45-5,26-18-16-24(17-19-26)23-12-8-7-9-13-23)22-39(28)31(41)29(34(2,3)4)37-33(44)46-27-14-10-11-15-27/h6-9,12-13,16-19,25,27-29H,1,10-11,14-15,20-22H2,2-5H3,(H,37,44)(H,38,40)(H,42,43)/t25?,28-,29+,35-,36+/m0/s1. The molecule has 1 heterocycles. The molecule has 0 bridgehead atoms. The van der Waals surface area contributed by atoms with Crippen LogP contribution in [0.3, 0.4) is 0 Å². The molecule has 5 atom stereocenters. The van der Waals surface area contributed by atoms with Crippen molar-refractivity contribution in [3.63, 3.8) is 0 Å². The smallest absolute Gasteiger partial charge is 0.408 e. The van der Waals surface area contributed by atoms with E-state index in [4.69, 9.17) is 9.47 Å². The number of carbonyl (C=O) groups excluding carboxylic acids is 3. The molecule has 0 aromatic heterocycles. The minimum absolute atomic E-state index is 0.0159. The van der Waals surface area contributed by atoms with Gasteiger partial charge in [0.25, 0.3) is 0 Å². The third kappa shape index (κ3) is 6.54. The lowest BCUT2D eigenvalue weighted by Gasteiger charge is -2.36. The molecule has 2 aromatic rings. The summed E-state index contributed by atoms with van der Waals surface area (Å²) in [4.78, 5) is 55.2. The van der Waals surface area contributed by atoms with Gasteiger partial charge in [-0.05, 0) is 54.2 Å². The third-order valence-electron chi connectivity index (χ3n) is 9.80. The number of nitrogens with zero attached hydrogens (tertiary/aromatic N) is 1. The number of aliphatic carboxylic acids is 1. The molecule has 0 spiro atoms. The number of carbonyl (C=O) groups is 4. The summed E-state index contributed by atoms with van der Waals surface area (Å²) in [5.41, 5.74) is -0.472. The lowest BCUT2D eigenvalue weighted by molar-refractivity contribution is -0.146. The molecule has 1 saturated heterocycles. The van der Waals surface area contributed by atoms with E-state index in [2.05, 4.69) is 17.2 Å². The van der Waals surface area contributed by atoms with Gasteiger partial charge in [0.2, 0.25) is 11.8 Å². The fourth-order valence-electron chi connectivity index (χ4n) is 6.85. The van der Waals surface area contributed by atoms with Gasteiger partial charge in [0.15, 0.2) is 0 Å². The van der Waals surface area contributed by atoms with E-state index < -0.39 is 58.4 Å². The quantitative estimate of drug-likeness (QED) is 0.314. The van der Waals surface area contributed by atoms with Crippen molar-refractivity contribution in [3.05, 3.63) is 72.8 Å². The summed E-state index contributed by atoms with van der Waals surface area (Å²) in [7, 11) is 1.54. The second-order valence-corrected chi connectivity index (χ2v) is 13.9.